The first-order chi connectivity index (χ1) is 10.8. The zero-order valence-electron chi connectivity index (χ0n) is 12.6. The highest BCUT2D eigenvalue weighted by Crippen LogP contribution is 2.26. The van der Waals surface area contributed by atoms with Crippen molar-refractivity contribution in [2.45, 2.75) is 13.5 Å². The van der Waals surface area contributed by atoms with Gasteiger partial charge in [-0.1, -0.05) is 24.3 Å². The number of nitrogens with one attached hydrogen (secondary N) is 1. The molecule has 0 aliphatic heterocycles. The first-order valence-corrected chi connectivity index (χ1v) is 7.41. The SMILES string of the molecule is CCN(Cc1ncc[nH]1)c1cccc(Oc2ccccc2)c1. The van der Waals surface area contributed by atoms with E-state index in [0.717, 1.165) is 36.1 Å². The van der Waals surface area contributed by atoms with Crippen LogP contribution in [-0.4, -0.2) is 16.5 Å². The van der Waals surface area contributed by atoms with Gasteiger partial charge in [0.2, 0.25) is 0 Å². The summed E-state index contributed by atoms with van der Waals surface area (Å²) >= 11 is 0. The minimum absolute atomic E-state index is 0.748. The molecule has 3 rings (SSSR count). The van der Waals surface area contributed by atoms with Crippen molar-refractivity contribution in [2.24, 2.45) is 0 Å². The van der Waals surface area contributed by atoms with Gasteiger partial charge in [-0.25, -0.2) is 4.98 Å². The van der Waals surface area contributed by atoms with Gasteiger partial charge in [-0.2, -0.15) is 0 Å². The van der Waals surface area contributed by atoms with Crippen molar-refractivity contribution in [1.29, 1.82) is 0 Å². The molecule has 3 aromatic rings. The molecular weight excluding hydrogens is 274 g/mol. The Morgan fingerprint density at radius 1 is 1.05 bits per heavy atom. The number of anilines is 1. The first-order valence-electron chi connectivity index (χ1n) is 7.41. The minimum Gasteiger partial charge on any atom is -0.457 e. The summed E-state index contributed by atoms with van der Waals surface area (Å²) in [6, 6.07) is 17.9. The van der Waals surface area contributed by atoms with E-state index in [-0.39, 0.29) is 0 Å². The van der Waals surface area contributed by atoms with Crippen LogP contribution in [0, 0.1) is 0 Å². The van der Waals surface area contributed by atoms with E-state index >= 15 is 0 Å². The van der Waals surface area contributed by atoms with Crippen molar-refractivity contribution in [2.75, 3.05) is 11.4 Å². The number of hydrogen-bond donors (Lipinski definition) is 1. The van der Waals surface area contributed by atoms with Gasteiger partial charge >= 0.3 is 0 Å². The summed E-state index contributed by atoms with van der Waals surface area (Å²) in [6.45, 7) is 3.78. The van der Waals surface area contributed by atoms with E-state index in [0.29, 0.717) is 0 Å². The Hall–Kier alpha value is -2.75. The Labute approximate surface area is 130 Å². The summed E-state index contributed by atoms with van der Waals surface area (Å²) in [7, 11) is 0. The molecule has 2 aromatic carbocycles. The Balaban J connectivity index is 1.77. The molecule has 0 atom stereocenters. The number of aromatic amines is 1. The summed E-state index contributed by atoms with van der Waals surface area (Å²) in [4.78, 5) is 9.68. The average molecular weight is 293 g/mol. The number of benzene rings is 2. The molecule has 0 amide bonds. The zero-order valence-corrected chi connectivity index (χ0v) is 12.6. The van der Waals surface area contributed by atoms with E-state index in [1.807, 2.05) is 48.7 Å². The molecule has 112 valence electrons. The van der Waals surface area contributed by atoms with Crippen molar-refractivity contribution in [3.63, 3.8) is 0 Å². The highest BCUT2D eigenvalue weighted by atomic mass is 16.5. The Kier molecular flexibility index (Phi) is 4.39. The van der Waals surface area contributed by atoms with Gasteiger partial charge in [0.15, 0.2) is 0 Å². The number of H-pyrrole nitrogens is 1. The lowest BCUT2D eigenvalue weighted by molar-refractivity contribution is 0.482. The molecule has 1 N–H and O–H groups in total. The van der Waals surface area contributed by atoms with Gasteiger partial charge in [0.05, 0.1) is 6.54 Å². The van der Waals surface area contributed by atoms with Crippen LogP contribution in [0.15, 0.2) is 67.0 Å². The van der Waals surface area contributed by atoms with Gasteiger partial charge in [0, 0.05) is 30.7 Å². The van der Waals surface area contributed by atoms with Gasteiger partial charge < -0.3 is 14.6 Å². The summed E-state index contributed by atoms with van der Waals surface area (Å²) in [5.41, 5.74) is 1.12. The number of imidazole rings is 1. The monoisotopic (exact) mass is 293 g/mol. The topological polar surface area (TPSA) is 41.2 Å². The van der Waals surface area contributed by atoms with Gasteiger partial charge in [0.1, 0.15) is 17.3 Å². The number of hydrogen-bond acceptors (Lipinski definition) is 3. The summed E-state index contributed by atoms with van der Waals surface area (Å²) < 4.78 is 5.90. The highest BCUT2D eigenvalue weighted by molar-refractivity contribution is 5.51. The number of rotatable bonds is 6. The van der Waals surface area contributed by atoms with Crippen LogP contribution < -0.4 is 9.64 Å². The predicted molar refractivity (Wildman–Crippen MR) is 88.3 cm³/mol. The van der Waals surface area contributed by atoms with Crippen LogP contribution in [-0.2, 0) is 6.54 Å². The molecule has 0 bridgehead atoms. The lowest BCUT2D eigenvalue weighted by atomic mass is 10.2. The maximum atomic E-state index is 5.90. The van der Waals surface area contributed by atoms with E-state index in [4.69, 9.17) is 4.74 Å². The molecule has 22 heavy (non-hydrogen) atoms. The van der Waals surface area contributed by atoms with Crippen molar-refractivity contribution < 1.29 is 4.74 Å². The van der Waals surface area contributed by atoms with Crippen LogP contribution in [0.3, 0.4) is 0 Å². The number of para-hydroxylation sites is 1. The molecule has 0 aliphatic rings. The molecule has 1 aromatic heterocycles. The van der Waals surface area contributed by atoms with Gasteiger partial charge in [-0.3, -0.25) is 0 Å². The van der Waals surface area contributed by atoms with Crippen LogP contribution in [0.5, 0.6) is 11.5 Å². The molecule has 0 fully saturated rings. The second-order valence-corrected chi connectivity index (χ2v) is 4.96. The van der Waals surface area contributed by atoms with Gasteiger partial charge in [0.25, 0.3) is 0 Å². The maximum absolute atomic E-state index is 5.90. The van der Waals surface area contributed by atoms with Crippen molar-refractivity contribution in [3.05, 3.63) is 72.8 Å². The molecule has 1 heterocycles. The van der Waals surface area contributed by atoms with Crippen LogP contribution in [0.1, 0.15) is 12.7 Å². The molecular formula is C18H19N3O. The van der Waals surface area contributed by atoms with Crippen LogP contribution in [0.25, 0.3) is 0 Å². The third-order valence-electron chi connectivity index (χ3n) is 3.44. The zero-order chi connectivity index (χ0) is 15.2. The first kappa shape index (κ1) is 14.2. The van der Waals surface area contributed by atoms with Crippen LogP contribution in [0.4, 0.5) is 5.69 Å². The largest absolute Gasteiger partial charge is 0.457 e. The number of ether oxygens (including phenoxy) is 1. The number of aromatic nitrogens is 2. The lowest BCUT2D eigenvalue weighted by Gasteiger charge is -2.22. The molecule has 0 aliphatic carbocycles. The third-order valence-corrected chi connectivity index (χ3v) is 3.44. The lowest BCUT2D eigenvalue weighted by Crippen LogP contribution is -2.22. The summed E-state index contributed by atoms with van der Waals surface area (Å²) in [6.07, 6.45) is 3.62. The average Bonchev–Trinajstić information content (AvgIpc) is 3.07. The molecule has 4 heteroatoms. The fraction of sp³-hybridized carbons (Fsp3) is 0.167. The molecule has 0 spiro atoms. The van der Waals surface area contributed by atoms with Gasteiger partial charge in [-0.05, 0) is 31.2 Å². The molecule has 0 unspecified atom stereocenters. The van der Waals surface area contributed by atoms with Gasteiger partial charge in [-0.15, -0.1) is 0 Å². The normalized spacial score (nSPS) is 10.4. The molecule has 4 nitrogen and oxygen atoms in total. The van der Waals surface area contributed by atoms with E-state index in [1.54, 1.807) is 6.20 Å². The molecule has 0 saturated heterocycles. The van der Waals surface area contributed by atoms with E-state index in [9.17, 15) is 0 Å². The van der Waals surface area contributed by atoms with E-state index in [1.165, 1.54) is 0 Å². The maximum Gasteiger partial charge on any atom is 0.129 e. The Bertz CT molecular complexity index is 695. The summed E-state index contributed by atoms with van der Waals surface area (Å²) in [5.74, 6) is 2.63. The predicted octanol–water partition coefficient (Wildman–Crippen LogP) is 4.23. The quantitative estimate of drug-likeness (QED) is 0.739. The molecule has 0 saturated carbocycles. The fourth-order valence-electron chi connectivity index (χ4n) is 2.32. The van der Waals surface area contributed by atoms with Crippen molar-refractivity contribution >= 4 is 5.69 Å². The van der Waals surface area contributed by atoms with Crippen LogP contribution in [0.2, 0.25) is 0 Å². The highest BCUT2D eigenvalue weighted by Gasteiger charge is 2.08. The van der Waals surface area contributed by atoms with E-state index < -0.39 is 0 Å². The third kappa shape index (κ3) is 3.47. The van der Waals surface area contributed by atoms with Crippen molar-refractivity contribution in [1.82, 2.24) is 9.97 Å². The smallest absolute Gasteiger partial charge is 0.129 e. The Morgan fingerprint density at radius 3 is 2.59 bits per heavy atom. The van der Waals surface area contributed by atoms with E-state index in [2.05, 4.69) is 33.9 Å². The summed E-state index contributed by atoms with van der Waals surface area (Å²) in [5, 5.41) is 0. The van der Waals surface area contributed by atoms with Crippen molar-refractivity contribution in [3.8, 4) is 11.5 Å². The Morgan fingerprint density at radius 2 is 1.86 bits per heavy atom. The second-order valence-electron chi connectivity index (χ2n) is 4.96. The fourth-order valence-corrected chi connectivity index (χ4v) is 2.32. The standard InChI is InChI=1S/C18H19N3O/c1-2-21(14-18-19-11-12-20-18)15-7-6-10-17(13-15)22-16-8-4-3-5-9-16/h3-13H,2,14H2,1H3,(H,19,20). The molecule has 0 radical (unpaired) electrons. The minimum atomic E-state index is 0.748. The number of nitrogens with zero attached hydrogens (tertiary/aromatic N) is 2. The second kappa shape index (κ2) is 6.80. The van der Waals surface area contributed by atoms with Crippen LogP contribution >= 0.6 is 0 Å².